The lowest BCUT2D eigenvalue weighted by Crippen LogP contribution is -2.00. The maximum atomic E-state index is 11.3. The number of benzene rings is 1. The van der Waals surface area contributed by atoms with E-state index in [9.17, 15) is 4.79 Å². The number of carbonyl (C=O) groups excluding carboxylic acids is 1. The molecule has 0 N–H and O–H groups in total. The first-order chi connectivity index (χ1) is 10.2. The number of aryl methyl sites for hydroxylation is 1. The van der Waals surface area contributed by atoms with Gasteiger partial charge in [0.05, 0.1) is 6.61 Å². The van der Waals surface area contributed by atoms with Crippen LogP contribution >= 0.6 is 11.6 Å². The van der Waals surface area contributed by atoms with Gasteiger partial charge in [0.25, 0.3) is 0 Å². The van der Waals surface area contributed by atoms with Crippen LogP contribution in [-0.4, -0.2) is 19.2 Å². The molecule has 21 heavy (non-hydrogen) atoms. The van der Waals surface area contributed by atoms with E-state index in [0.717, 1.165) is 24.2 Å². The Morgan fingerprint density at radius 3 is 2.62 bits per heavy atom. The van der Waals surface area contributed by atoms with E-state index >= 15 is 0 Å². The smallest absolute Gasteiger partial charge is 0.330 e. The summed E-state index contributed by atoms with van der Waals surface area (Å²) in [6, 6.07) is 7.92. The highest BCUT2D eigenvalue weighted by Gasteiger charge is 2.00. The van der Waals surface area contributed by atoms with E-state index in [4.69, 9.17) is 21.1 Å². The van der Waals surface area contributed by atoms with E-state index in [1.807, 2.05) is 31.2 Å². The van der Waals surface area contributed by atoms with Gasteiger partial charge in [-0.05, 0) is 50.5 Å². The summed E-state index contributed by atoms with van der Waals surface area (Å²) < 4.78 is 10.3. The van der Waals surface area contributed by atoms with Crippen molar-refractivity contribution in [3.63, 3.8) is 0 Å². The number of hydrogen-bond acceptors (Lipinski definition) is 3. The lowest BCUT2D eigenvalue weighted by molar-refractivity contribution is -0.137. The second-order valence-corrected chi connectivity index (χ2v) is 4.81. The molecule has 0 fully saturated rings. The first-order valence-electron chi connectivity index (χ1n) is 6.96. The monoisotopic (exact) mass is 308 g/mol. The largest absolute Gasteiger partial charge is 0.490 e. The van der Waals surface area contributed by atoms with Gasteiger partial charge in [-0.3, -0.25) is 0 Å². The molecule has 0 aliphatic heterocycles. The van der Waals surface area contributed by atoms with Crippen molar-refractivity contribution in [1.29, 1.82) is 0 Å². The van der Waals surface area contributed by atoms with Gasteiger partial charge in [-0.15, -0.1) is 0 Å². The molecular formula is C17H21ClO3. The van der Waals surface area contributed by atoms with Crippen molar-refractivity contribution in [2.45, 2.75) is 26.7 Å². The molecule has 1 rings (SSSR count). The van der Waals surface area contributed by atoms with E-state index < -0.39 is 0 Å². The fourth-order valence-electron chi connectivity index (χ4n) is 1.73. The zero-order valence-electron chi connectivity index (χ0n) is 12.5. The van der Waals surface area contributed by atoms with Crippen molar-refractivity contribution in [2.75, 3.05) is 13.2 Å². The van der Waals surface area contributed by atoms with Gasteiger partial charge in [0.2, 0.25) is 0 Å². The number of allylic oxidation sites excluding steroid dienone is 1. The van der Waals surface area contributed by atoms with Crippen LogP contribution < -0.4 is 4.74 Å². The van der Waals surface area contributed by atoms with E-state index in [2.05, 4.69) is 0 Å². The molecule has 0 unspecified atom stereocenters. The minimum atomic E-state index is -0.272. The summed E-state index contributed by atoms with van der Waals surface area (Å²) >= 11 is 5.42. The van der Waals surface area contributed by atoms with Gasteiger partial charge in [0.1, 0.15) is 12.4 Å². The molecule has 114 valence electrons. The predicted octanol–water partition coefficient (Wildman–Crippen LogP) is 4.26. The topological polar surface area (TPSA) is 35.5 Å². The molecule has 0 atom stereocenters. The van der Waals surface area contributed by atoms with Crippen molar-refractivity contribution in [1.82, 2.24) is 0 Å². The average molecular weight is 309 g/mol. The molecule has 4 heteroatoms. The highest BCUT2D eigenvalue weighted by atomic mass is 35.5. The standard InChI is InChI=1S/C17H21ClO3/c1-3-20-17(19)13-14(2)5-6-15-7-9-16(10-8-15)21-12-4-11-18/h4,7-11,13H,3,5-6,12H2,1-2H3. The van der Waals surface area contributed by atoms with Crippen LogP contribution in [0.3, 0.4) is 0 Å². The highest BCUT2D eigenvalue weighted by Crippen LogP contribution is 2.15. The number of halogens is 1. The number of esters is 1. The van der Waals surface area contributed by atoms with Crippen LogP contribution in [-0.2, 0) is 16.0 Å². The summed E-state index contributed by atoms with van der Waals surface area (Å²) in [7, 11) is 0. The van der Waals surface area contributed by atoms with Crippen LogP contribution in [0.1, 0.15) is 25.8 Å². The molecule has 0 saturated heterocycles. The highest BCUT2D eigenvalue weighted by molar-refractivity contribution is 6.25. The molecule has 0 aliphatic rings. The first kappa shape index (κ1) is 17.3. The van der Waals surface area contributed by atoms with Gasteiger partial charge in [0.15, 0.2) is 0 Å². The molecular weight excluding hydrogens is 288 g/mol. The van der Waals surface area contributed by atoms with Gasteiger partial charge >= 0.3 is 5.97 Å². The summed E-state index contributed by atoms with van der Waals surface area (Å²) in [5.41, 5.74) is 3.65. The summed E-state index contributed by atoms with van der Waals surface area (Å²) in [6.07, 6.45) is 5.00. The van der Waals surface area contributed by atoms with Gasteiger partial charge in [0, 0.05) is 11.6 Å². The van der Waals surface area contributed by atoms with Crippen LogP contribution in [0.25, 0.3) is 0 Å². The van der Waals surface area contributed by atoms with Crippen molar-refractivity contribution in [2.24, 2.45) is 0 Å². The normalized spacial score (nSPS) is 11.7. The van der Waals surface area contributed by atoms with Gasteiger partial charge in [-0.1, -0.05) is 29.3 Å². The first-order valence-corrected chi connectivity index (χ1v) is 7.40. The van der Waals surface area contributed by atoms with Crippen LogP contribution in [0.4, 0.5) is 0 Å². The third kappa shape index (κ3) is 7.57. The molecule has 0 saturated carbocycles. The van der Waals surface area contributed by atoms with Crippen molar-refractivity contribution in [3.05, 3.63) is 53.1 Å². The van der Waals surface area contributed by atoms with Crippen LogP contribution in [0.15, 0.2) is 47.5 Å². The lowest BCUT2D eigenvalue weighted by atomic mass is 10.1. The van der Waals surface area contributed by atoms with Crippen molar-refractivity contribution < 1.29 is 14.3 Å². The SMILES string of the molecule is CCOC(=O)C=C(C)CCc1ccc(OCC=CCl)cc1. The van der Waals surface area contributed by atoms with Crippen LogP contribution in [0.2, 0.25) is 0 Å². The van der Waals surface area contributed by atoms with Gasteiger partial charge < -0.3 is 9.47 Å². The molecule has 0 amide bonds. The molecule has 3 nitrogen and oxygen atoms in total. The second kappa shape index (κ2) is 10.1. The molecule has 0 heterocycles. The summed E-state index contributed by atoms with van der Waals surface area (Å²) in [6.45, 7) is 4.60. The molecule has 0 radical (unpaired) electrons. The summed E-state index contributed by atoms with van der Waals surface area (Å²) in [5, 5.41) is 0. The van der Waals surface area contributed by atoms with E-state index in [-0.39, 0.29) is 5.97 Å². The van der Waals surface area contributed by atoms with Crippen molar-refractivity contribution >= 4 is 17.6 Å². The second-order valence-electron chi connectivity index (χ2n) is 4.56. The minimum absolute atomic E-state index is 0.272. The lowest BCUT2D eigenvalue weighted by Gasteiger charge is -2.06. The number of rotatable bonds is 8. The Balaban J connectivity index is 2.43. The fourth-order valence-corrected chi connectivity index (χ4v) is 1.80. The third-order valence-electron chi connectivity index (χ3n) is 2.82. The van der Waals surface area contributed by atoms with Crippen molar-refractivity contribution in [3.8, 4) is 5.75 Å². The zero-order valence-corrected chi connectivity index (χ0v) is 13.2. The molecule has 0 spiro atoms. The Bertz CT molecular complexity index is 489. The Kier molecular flexibility index (Phi) is 8.29. The van der Waals surface area contributed by atoms with E-state index in [0.29, 0.717) is 13.2 Å². The predicted molar refractivity (Wildman–Crippen MR) is 85.6 cm³/mol. The zero-order chi connectivity index (χ0) is 15.5. The van der Waals surface area contributed by atoms with E-state index in [1.54, 1.807) is 19.1 Å². The summed E-state index contributed by atoms with van der Waals surface area (Å²) in [5.74, 6) is 0.540. The Hall–Kier alpha value is -1.74. The van der Waals surface area contributed by atoms with Crippen LogP contribution in [0, 0.1) is 0 Å². The Morgan fingerprint density at radius 1 is 1.29 bits per heavy atom. The number of carbonyl (C=O) groups is 1. The number of hydrogen-bond donors (Lipinski definition) is 0. The maximum absolute atomic E-state index is 11.3. The van der Waals surface area contributed by atoms with Crippen LogP contribution in [0.5, 0.6) is 5.75 Å². The molecule has 0 bridgehead atoms. The Labute approximate surface area is 131 Å². The van der Waals surface area contributed by atoms with E-state index in [1.165, 1.54) is 11.1 Å². The molecule has 0 aliphatic carbocycles. The molecule has 1 aromatic carbocycles. The third-order valence-corrected chi connectivity index (χ3v) is 3.00. The molecule has 0 aromatic heterocycles. The van der Waals surface area contributed by atoms with Gasteiger partial charge in [-0.25, -0.2) is 4.79 Å². The quantitative estimate of drug-likeness (QED) is 0.532. The average Bonchev–Trinajstić information content (AvgIpc) is 2.47. The fraction of sp³-hybridized carbons (Fsp3) is 0.353. The Morgan fingerprint density at radius 2 is 2.00 bits per heavy atom. The summed E-state index contributed by atoms with van der Waals surface area (Å²) in [4.78, 5) is 11.3. The molecule has 1 aromatic rings. The minimum Gasteiger partial charge on any atom is -0.490 e. The number of ether oxygens (including phenoxy) is 2. The maximum Gasteiger partial charge on any atom is 0.330 e. The van der Waals surface area contributed by atoms with Gasteiger partial charge in [-0.2, -0.15) is 0 Å².